The molecule has 1 aliphatic heterocycles. The summed E-state index contributed by atoms with van der Waals surface area (Å²) >= 11 is 1.63. The largest absolute Gasteiger partial charge is 0.480 e. The van der Waals surface area contributed by atoms with E-state index in [1.807, 2.05) is 6.26 Å². The second-order valence-electron chi connectivity index (χ2n) is 4.27. The molecule has 98 valence electrons. The summed E-state index contributed by atoms with van der Waals surface area (Å²) in [6.45, 7) is 0.517. The molecule has 0 saturated carbocycles. The second kappa shape index (κ2) is 6.86. The van der Waals surface area contributed by atoms with Gasteiger partial charge in [-0.15, -0.1) is 0 Å². The van der Waals surface area contributed by atoms with Crippen LogP contribution in [0.25, 0.3) is 0 Å². The maximum Gasteiger partial charge on any atom is 0.326 e. The van der Waals surface area contributed by atoms with Gasteiger partial charge in [-0.3, -0.25) is 4.79 Å². The van der Waals surface area contributed by atoms with Gasteiger partial charge in [0.15, 0.2) is 0 Å². The first kappa shape index (κ1) is 14.3. The highest BCUT2D eigenvalue weighted by molar-refractivity contribution is 7.98. The quantitative estimate of drug-likeness (QED) is 0.753. The molecule has 0 spiro atoms. The lowest BCUT2D eigenvalue weighted by Crippen LogP contribution is -2.53. The molecule has 0 aromatic heterocycles. The van der Waals surface area contributed by atoms with Crippen molar-refractivity contribution in [1.82, 2.24) is 4.90 Å². The number of thioether (sulfide) groups is 1. The molecular weight excluding hydrogens is 240 g/mol. The van der Waals surface area contributed by atoms with Crippen LogP contribution in [0.4, 0.5) is 0 Å². The zero-order chi connectivity index (χ0) is 12.8. The van der Waals surface area contributed by atoms with Crippen LogP contribution in [0.3, 0.4) is 0 Å². The summed E-state index contributed by atoms with van der Waals surface area (Å²) < 4.78 is 0. The highest BCUT2D eigenvalue weighted by Crippen LogP contribution is 2.18. The third kappa shape index (κ3) is 3.89. The zero-order valence-electron chi connectivity index (χ0n) is 10.1. The van der Waals surface area contributed by atoms with Crippen LogP contribution in [0.15, 0.2) is 0 Å². The van der Waals surface area contributed by atoms with Crippen molar-refractivity contribution in [2.24, 2.45) is 5.73 Å². The number of piperidine rings is 1. The molecule has 1 amide bonds. The molecule has 5 nitrogen and oxygen atoms in total. The molecule has 1 unspecified atom stereocenters. The van der Waals surface area contributed by atoms with Gasteiger partial charge in [0, 0.05) is 6.54 Å². The first-order valence-corrected chi connectivity index (χ1v) is 7.25. The molecule has 2 atom stereocenters. The van der Waals surface area contributed by atoms with Gasteiger partial charge in [0.05, 0.1) is 6.04 Å². The minimum Gasteiger partial charge on any atom is -0.480 e. The Hall–Kier alpha value is -0.750. The Morgan fingerprint density at radius 3 is 2.82 bits per heavy atom. The summed E-state index contributed by atoms with van der Waals surface area (Å²) in [6.07, 6.45) is 4.82. The number of carboxylic acid groups (broad SMARTS) is 1. The van der Waals surface area contributed by atoms with Crippen molar-refractivity contribution in [2.75, 3.05) is 18.6 Å². The number of carboxylic acids is 1. The molecule has 1 fully saturated rings. The van der Waals surface area contributed by atoms with E-state index in [1.165, 1.54) is 4.90 Å². The fourth-order valence-corrected chi connectivity index (χ4v) is 2.52. The van der Waals surface area contributed by atoms with Crippen LogP contribution < -0.4 is 5.73 Å². The predicted octanol–water partition coefficient (Wildman–Crippen LogP) is 0.532. The monoisotopic (exact) mass is 260 g/mol. The van der Waals surface area contributed by atoms with E-state index in [-0.39, 0.29) is 5.91 Å². The molecule has 0 aliphatic carbocycles. The van der Waals surface area contributed by atoms with Crippen LogP contribution >= 0.6 is 11.8 Å². The molecule has 6 heteroatoms. The lowest BCUT2D eigenvalue weighted by molar-refractivity contribution is -0.152. The molecule has 3 N–H and O–H groups in total. The first-order valence-electron chi connectivity index (χ1n) is 5.85. The molecule has 0 radical (unpaired) electrons. The summed E-state index contributed by atoms with van der Waals surface area (Å²) in [5.41, 5.74) is 5.80. The number of rotatable bonds is 5. The van der Waals surface area contributed by atoms with Crippen molar-refractivity contribution >= 4 is 23.6 Å². The van der Waals surface area contributed by atoms with E-state index in [0.29, 0.717) is 19.4 Å². The lowest BCUT2D eigenvalue weighted by Gasteiger charge is -2.34. The average molecular weight is 260 g/mol. The number of aliphatic carboxylic acids is 1. The summed E-state index contributed by atoms with van der Waals surface area (Å²) in [5, 5.41) is 9.08. The Kier molecular flexibility index (Phi) is 5.77. The minimum absolute atomic E-state index is 0.217. The Morgan fingerprint density at radius 1 is 1.53 bits per heavy atom. The van der Waals surface area contributed by atoms with E-state index in [9.17, 15) is 9.59 Å². The number of nitrogens with zero attached hydrogens (tertiary/aromatic N) is 1. The number of carbonyl (C=O) groups is 2. The standard InChI is InChI=1S/C11H20N2O3S/c1-17-7-5-8(12)10(14)13-6-3-2-4-9(13)11(15)16/h8-9H,2-7,12H2,1H3,(H,15,16)/t8-,9?/m1/s1. The SMILES string of the molecule is CSCC[C@@H](N)C(=O)N1CCCCC1C(=O)O. The van der Waals surface area contributed by atoms with E-state index in [2.05, 4.69) is 0 Å². The highest BCUT2D eigenvalue weighted by Gasteiger charge is 2.33. The molecule has 1 aliphatic rings. The van der Waals surface area contributed by atoms with Gasteiger partial charge in [-0.25, -0.2) is 4.79 Å². The molecule has 0 bridgehead atoms. The number of amides is 1. The van der Waals surface area contributed by atoms with Crippen molar-refractivity contribution in [3.05, 3.63) is 0 Å². The van der Waals surface area contributed by atoms with Gasteiger partial charge in [-0.2, -0.15) is 11.8 Å². The van der Waals surface area contributed by atoms with Gasteiger partial charge < -0.3 is 15.7 Å². The molecule has 0 aromatic carbocycles. The van der Waals surface area contributed by atoms with Crippen LogP contribution in [0, 0.1) is 0 Å². The van der Waals surface area contributed by atoms with Crippen LogP contribution in [-0.4, -0.2) is 52.5 Å². The van der Waals surface area contributed by atoms with Gasteiger partial charge in [0.2, 0.25) is 5.91 Å². The van der Waals surface area contributed by atoms with Crippen LogP contribution in [0.2, 0.25) is 0 Å². The van der Waals surface area contributed by atoms with E-state index in [1.54, 1.807) is 11.8 Å². The highest BCUT2D eigenvalue weighted by atomic mass is 32.2. The number of hydrogen-bond acceptors (Lipinski definition) is 4. The number of nitrogens with two attached hydrogens (primary N) is 1. The first-order chi connectivity index (χ1) is 8.07. The minimum atomic E-state index is -0.921. The number of hydrogen-bond donors (Lipinski definition) is 2. The summed E-state index contributed by atoms with van der Waals surface area (Å²) in [7, 11) is 0. The fraction of sp³-hybridized carbons (Fsp3) is 0.818. The van der Waals surface area contributed by atoms with E-state index < -0.39 is 18.1 Å². The van der Waals surface area contributed by atoms with Crippen LogP contribution in [0.5, 0.6) is 0 Å². The van der Waals surface area contributed by atoms with Crippen molar-refractivity contribution in [1.29, 1.82) is 0 Å². The van der Waals surface area contributed by atoms with E-state index >= 15 is 0 Å². The summed E-state index contributed by atoms with van der Waals surface area (Å²) in [4.78, 5) is 24.6. The Labute approximate surface area is 106 Å². The maximum atomic E-state index is 12.0. The van der Waals surface area contributed by atoms with Crippen molar-refractivity contribution in [3.8, 4) is 0 Å². The van der Waals surface area contributed by atoms with E-state index in [0.717, 1.165) is 18.6 Å². The molecule has 17 heavy (non-hydrogen) atoms. The third-order valence-electron chi connectivity index (χ3n) is 3.02. The van der Waals surface area contributed by atoms with Crippen molar-refractivity contribution < 1.29 is 14.7 Å². The van der Waals surface area contributed by atoms with Crippen molar-refractivity contribution in [3.63, 3.8) is 0 Å². The van der Waals surface area contributed by atoms with Crippen molar-refractivity contribution in [2.45, 2.75) is 37.8 Å². The normalized spacial score (nSPS) is 22.2. The second-order valence-corrected chi connectivity index (χ2v) is 5.26. The Bertz CT molecular complexity index is 286. The van der Waals surface area contributed by atoms with Crippen LogP contribution in [0.1, 0.15) is 25.7 Å². The van der Waals surface area contributed by atoms with Gasteiger partial charge in [0.1, 0.15) is 6.04 Å². The van der Waals surface area contributed by atoms with Gasteiger partial charge in [-0.05, 0) is 37.7 Å². The maximum absolute atomic E-state index is 12.0. The average Bonchev–Trinajstić information content (AvgIpc) is 2.34. The topological polar surface area (TPSA) is 83.6 Å². The number of likely N-dealkylation sites (tertiary alicyclic amines) is 1. The molecule has 0 aromatic rings. The predicted molar refractivity (Wildman–Crippen MR) is 68.0 cm³/mol. The lowest BCUT2D eigenvalue weighted by atomic mass is 10.0. The van der Waals surface area contributed by atoms with Gasteiger partial charge in [-0.1, -0.05) is 0 Å². The smallest absolute Gasteiger partial charge is 0.326 e. The molecule has 1 heterocycles. The van der Waals surface area contributed by atoms with E-state index in [4.69, 9.17) is 10.8 Å². The van der Waals surface area contributed by atoms with Crippen LogP contribution in [-0.2, 0) is 9.59 Å². The summed E-state index contributed by atoms with van der Waals surface area (Å²) in [5.74, 6) is -0.320. The molecule has 1 rings (SSSR count). The fourth-order valence-electron chi connectivity index (χ4n) is 2.03. The molecular formula is C11H20N2O3S. The zero-order valence-corrected chi connectivity index (χ0v) is 10.9. The Morgan fingerprint density at radius 2 is 2.24 bits per heavy atom. The Balaban J connectivity index is 2.61. The van der Waals surface area contributed by atoms with Gasteiger partial charge in [0.25, 0.3) is 0 Å². The third-order valence-corrected chi connectivity index (χ3v) is 3.67. The summed E-state index contributed by atoms with van der Waals surface area (Å²) in [6, 6.07) is -1.25. The number of carbonyl (C=O) groups excluding carboxylic acids is 1. The molecule has 1 saturated heterocycles. The van der Waals surface area contributed by atoms with Gasteiger partial charge >= 0.3 is 5.97 Å².